The Morgan fingerprint density at radius 2 is 1.81 bits per heavy atom. The Hall–Kier alpha value is -2.01. The molecular formula is C14H13B2F3O7S. The molecule has 0 saturated heterocycles. The molecule has 13 heteroatoms. The van der Waals surface area contributed by atoms with Crippen molar-refractivity contribution in [2.24, 2.45) is 0 Å². The summed E-state index contributed by atoms with van der Waals surface area (Å²) in [6, 6.07) is 2.28. The summed E-state index contributed by atoms with van der Waals surface area (Å²) in [6.07, 6.45) is -8.92. The Balaban J connectivity index is 3.34. The quantitative estimate of drug-likeness (QED) is 0.312. The van der Waals surface area contributed by atoms with E-state index in [9.17, 15) is 31.2 Å². The first-order valence-corrected chi connectivity index (χ1v) is 8.87. The zero-order valence-electron chi connectivity index (χ0n) is 13.9. The maximum atomic E-state index is 12.9. The minimum atomic E-state index is -5.26. The Labute approximate surface area is 155 Å². The second-order valence-corrected chi connectivity index (χ2v) is 6.76. The number of hydrogen-bond acceptors (Lipinski definition) is 6. The van der Waals surface area contributed by atoms with Gasteiger partial charge in [-0.2, -0.15) is 21.6 Å². The van der Waals surface area contributed by atoms with Crippen LogP contribution >= 0.6 is 0 Å². The Morgan fingerprint density at radius 3 is 2.22 bits per heavy atom. The van der Waals surface area contributed by atoms with Gasteiger partial charge in [-0.15, -0.1) is 0 Å². The third-order valence-corrected chi connectivity index (χ3v) is 3.93. The number of carbonyl (C=O) groups is 2. The van der Waals surface area contributed by atoms with Crippen LogP contribution in [0.1, 0.15) is 28.4 Å². The molecule has 1 rings (SSSR count). The van der Waals surface area contributed by atoms with Crippen molar-refractivity contribution in [1.82, 2.24) is 0 Å². The van der Waals surface area contributed by atoms with Crippen molar-refractivity contribution < 1.29 is 45.2 Å². The van der Waals surface area contributed by atoms with Crippen LogP contribution in [0.15, 0.2) is 12.1 Å². The van der Waals surface area contributed by atoms with E-state index >= 15 is 0 Å². The highest BCUT2D eigenvalue weighted by atomic mass is 32.2. The first-order valence-electron chi connectivity index (χ1n) is 7.26. The van der Waals surface area contributed by atoms with Crippen LogP contribution in [0.4, 0.5) is 13.2 Å². The SMILES string of the molecule is [B]Cc1ccc(C(=O)OC(CS(=O)(=O)O)C(F)(F)F)c(C[B])c1OC(C)=O. The van der Waals surface area contributed by atoms with Gasteiger partial charge in [0, 0.05) is 12.5 Å². The first kappa shape index (κ1) is 23.0. The Kier molecular flexibility index (Phi) is 7.49. The van der Waals surface area contributed by atoms with Gasteiger partial charge in [0.15, 0.2) is 0 Å². The predicted molar refractivity (Wildman–Crippen MR) is 88.3 cm³/mol. The maximum absolute atomic E-state index is 12.9. The molecule has 27 heavy (non-hydrogen) atoms. The van der Waals surface area contributed by atoms with E-state index in [1.165, 1.54) is 6.07 Å². The van der Waals surface area contributed by atoms with E-state index in [0.29, 0.717) is 0 Å². The van der Waals surface area contributed by atoms with Crippen LogP contribution in [0.25, 0.3) is 0 Å². The first-order chi connectivity index (χ1) is 12.3. The normalized spacial score (nSPS) is 13.1. The van der Waals surface area contributed by atoms with Gasteiger partial charge in [0.1, 0.15) is 11.5 Å². The number of carbonyl (C=O) groups excluding carboxylic acids is 2. The summed E-state index contributed by atoms with van der Waals surface area (Å²) >= 11 is 0. The molecule has 1 aromatic rings. The topological polar surface area (TPSA) is 107 Å². The summed E-state index contributed by atoms with van der Waals surface area (Å²) in [5.41, 5.74) is -0.367. The summed E-state index contributed by atoms with van der Waals surface area (Å²) in [4.78, 5) is 23.4. The summed E-state index contributed by atoms with van der Waals surface area (Å²) in [5, 5.41) is 0. The minimum absolute atomic E-state index is 0.126. The monoisotopic (exact) mass is 404 g/mol. The van der Waals surface area contributed by atoms with E-state index in [-0.39, 0.29) is 23.2 Å². The van der Waals surface area contributed by atoms with Crippen LogP contribution in [0.2, 0.25) is 0 Å². The van der Waals surface area contributed by atoms with Gasteiger partial charge in [0.05, 0.1) is 21.3 Å². The lowest BCUT2D eigenvalue weighted by atomic mass is 9.87. The van der Waals surface area contributed by atoms with Gasteiger partial charge < -0.3 is 9.47 Å². The molecule has 0 heterocycles. The van der Waals surface area contributed by atoms with Crippen molar-refractivity contribution in [2.75, 3.05) is 5.75 Å². The molecular weight excluding hydrogens is 391 g/mol. The molecule has 0 bridgehead atoms. The van der Waals surface area contributed by atoms with Crippen LogP contribution in [-0.4, -0.2) is 58.6 Å². The molecule has 1 aromatic carbocycles. The molecule has 144 valence electrons. The lowest BCUT2D eigenvalue weighted by molar-refractivity contribution is -0.197. The van der Waals surface area contributed by atoms with Gasteiger partial charge in [-0.3, -0.25) is 9.35 Å². The fourth-order valence-corrected chi connectivity index (χ4v) is 2.72. The van der Waals surface area contributed by atoms with Crippen LogP contribution in [0.5, 0.6) is 5.75 Å². The number of benzene rings is 1. The molecule has 0 amide bonds. The molecule has 1 N–H and O–H groups in total. The van der Waals surface area contributed by atoms with E-state index < -0.39 is 52.0 Å². The van der Waals surface area contributed by atoms with E-state index in [1.807, 2.05) is 0 Å². The van der Waals surface area contributed by atoms with Crippen molar-refractivity contribution in [2.45, 2.75) is 31.8 Å². The molecule has 4 radical (unpaired) electrons. The third-order valence-electron chi connectivity index (χ3n) is 3.21. The van der Waals surface area contributed by atoms with E-state index in [4.69, 9.17) is 25.0 Å². The number of alkyl halides is 3. The molecule has 0 aliphatic heterocycles. The second-order valence-electron chi connectivity index (χ2n) is 5.27. The molecule has 7 nitrogen and oxygen atoms in total. The molecule has 0 aliphatic rings. The zero-order chi connectivity index (χ0) is 21.0. The highest BCUT2D eigenvalue weighted by Gasteiger charge is 2.45. The zero-order valence-corrected chi connectivity index (χ0v) is 14.8. The van der Waals surface area contributed by atoms with Crippen molar-refractivity contribution in [3.05, 3.63) is 28.8 Å². The van der Waals surface area contributed by atoms with Crippen LogP contribution in [-0.2, 0) is 32.3 Å². The fourth-order valence-electron chi connectivity index (χ4n) is 2.08. The minimum Gasteiger partial charge on any atom is -0.448 e. The largest absolute Gasteiger partial charge is 0.448 e. The molecule has 0 fully saturated rings. The van der Waals surface area contributed by atoms with Gasteiger partial charge in [0.25, 0.3) is 10.1 Å². The van der Waals surface area contributed by atoms with Gasteiger partial charge >= 0.3 is 18.1 Å². The van der Waals surface area contributed by atoms with E-state index in [1.54, 1.807) is 0 Å². The summed E-state index contributed by atoms with van der Waals surface area (Å²) < 4.78 is 78.1. The van der Waals surface area contributed by atoms with Gasteiger partial charge in [-0.25, -0.2) is 4.79 Å². The molecule has 0 saturated carbocycles. The van der Waals surface area contributed by atoms with E-state index in [2.05, 4.69) is 4.74 Å². The van der Waals surface area contributed by atoms with Crippen LogP contribution in [0.3, 0.4) is 0 Å². The maximum Gasteiger partial charge on any atom is 0.426 e. The number of hydrogen-bond donors (Lipinski definition) is 1. The molecule has 1 unspecified atom stereocenters. The van der Waals surface area contributed by atoms with Crippen molar-refractivity contribution in [3.8, 4) is 5.75 Å². The van der Waals surface area contributed by atoms with Crippen LogP contribution in [0, 0.1) is 0 Å². The molecule has 1 atom stereocenters. The number of esters is 2. The molecule has 0 aromatic heterocycles. The van der Waals surface area contributed by atoms with Gasteiger partial charge in [-0.05, 0) is 11.6 Å². The van der Waals surface area contributed by atoms with Gasteiger partial charge in [-0.1, -0.05) is 18.7 Å². The molecule has 0 aliphatic carbocycles. The van der Waals surface area contributed by atoms with E-state index in [0.717, 1.165) is 13.0 Å². The highest BCUT2D eigenvalue weighted by Crippen LogP contribution is 2.30. The average molecular weight is 404 g/mol. The third kappa shape index (κ3) is 6.58. The lowest BCUT2D eigenvalue weighted by Gasteiger charge is -2.21. The number of ether oxygens (including phenoxy) is 2. The lowest BCUT2D eigenvalue weighted by Crippen LogP contribution is -2.39. The highest BCUT2D eigenvalue weighted by molar-refractivity contribution is 7.85. The predicted octanol–water partition coefficient (Wildman–Crippen LogP) is 0.924. The number of halogens is 3. The van der Waals surface area contributed by atoms with Crippen molar-refractivity contribution in [1.29, 1.82) is 0 Å². The average Bonchev–Trinajstić information content (AvgIpc) is 2.51. The summed E-state index contributed by atoms with van der Waals surface area (Å²) in [5.74, 6) is -4.43. The number of rotatable bonds is 7. The standard InChI is InChI=1S/C14H13B2F3O7S/c1-7(20)25-12-8(4-15)2-3-9(10(12)5-16)13(21)26-11(14(17,18)19)6-27(22,23)24/h2-3,11H,4-6H2,1H3,(H,22,23,24). The Morgan fingerprint density at radius 1 is 1.22 bits per heavy atom. The Bertz CT molecular complexity index is 825. The van der Waals surface area contributed by atoms with Crippen molar-refractivity contribution >= 4 is 37.7 Å². The molecule has 0 spiro atoms. The summed E-state index contributed by atoms with van der Waals surface area (Å²) in [7, 11) is 5.91. The summed E-state index contributed by atoms with van der Waals surface area (Å²) in [6.45, 7) is 1.05. The van der Waals surface area contributed by atoms with Crippen molar-refractivity contribution in [3.63, 3.8) is 0 Å². The van der Waals surface area contributed by atoms with Crippen LogP contribution < -0.4 is 4.74 Å². The van der Waals surface area contributed by atoms with Gasteiger partial charge in [0.2, 0.25) is 6.10 Å². The smallest absolute Gasteiger partial charge is 0.426 e. The second kappa shape index (κ2) is 8.79. The fraction of sp³-hybridized carbons (Fsp3) is 0.429.